The smallest absolute Gasteiger partial charge is 0.0908 e. The van der Waals surface area contributed by atoms with E-state index in [1.807, 2.05) is 12.1 Å². The molecule has 0 aromatic carbocycles. The van der Waals surface area contributed by atoms with Crippen molar-refractivity contribution in [3.8, 4) is 6.07 Å². The van der Waals surface area contributed by atoms with Gasteiger partial charge in [-0.3, -0.25) is 0 Å². The number of rotatable bonds is 4. The summed E-state index contributed by atoms with van der Waals surface area (Å²) >= 11 is 2.36. The molecule has 0 aliphatic heterocycles. The molecule has 0 aliphatic rings. The highest BCUT2D eigenvalue weighted by Gasteiger charge is 1.80. The van der Waals surface area contributed by atoms with Crippen LogP contribution in [0, 0.1) is 11.3 Å². The Labute approximate surface area is 69.9 Å². The van der Waals surface area contributed by atoms with Gasteiger partial charge in [-0.15, -0.1) is 0 Å². The zero-order valence-corrected chi connectivity index (χ0v) is 7.47. The number of unbranched alkanes of at least 4 members (excludes halogenated alkanes) is 2. The molecule has 0 aromatic heterocycles. The van der Waals surface area contributed by atoms with E-state index in [0.717, 1.165) is 6.42 Å². The Hall–Kier alpha value is -0.0400. The maximum Gasteiger partial charge on any atom is 0.0908 e. The SMILES string of the molecule is N#C/C=C/CCCCI. The van der Waals surface area contributed by atoms with Crippen LogP contribution in [-0.4, -0.2) is 4.43 Å². The first-order valence-corrected chi connectivity index (χ1v) is 4.55. The van der Waals surface area contributed by atoms with Crippen molar-refractivity contribution in [3.63, 3.8) is 0 Å². The van der Waals surface area contributed by atoms with E-state index in [2.05, 4.69) is 22.6 Å². The summed E-state index contributed by atoms with van der Waals surface area (Å²) in [6, 6.07) is 1.96. The van der Waals surface area contributed by atoms with E-state index in [1.165, 1.54) is 17.3 Å². The van der Waals surface area contributed by atoms with Gasteiger partial charge in [0.15, 0.2) is 0 Å². The Bertz CT molecular complexity index is 113. The number of nitriles is 1. The molecule has 0 saturated heterocycles. The molecular formula is C7H10IN. The second-order valence-electron chi connectivity index (χ2n) is 1.72. The molecule has 0 bridgehead atoms. The Morgan fingerprint density at radius 1 is 1.44 bits per heavy atom. The quantitative estimate of drug-likeness (QED) is 0.318. The van der Waals surface area contributed by atoms with Crippen LogP contribution in [0.3, 0.4) is 0 Å². The summed E-state index contributed by atoms with van der Waals surface area (Å²) < 4.78 is 1.22. The third-order valence-electron chi connectivity index (χ3n) is 0.947. The molecule has 0 aliphatic carbocycles. The molecule has 0 N–H and O–H groups in total. The Kier molecular flexibility index (Phi) is 7.92. The van der Waals surface area contributed by atoms with Crippen molar-refractivity contribution in [2.24, 2.45) is 0 Å². The van der Waals surface area contributed by atoms with Gasteiger partial charge in [0, 0.05) is 6.08 Å². The summed E-state index contributed by atoms with van der Waals surface area (Å²) in [4.78, 5) is 0. The van der Waals surface area contributed by atoms with E-state index in [9.17, 15) is 0 Å². The standard InChI is InChI=1S/C7H10IN/c8-6-4-2-1-3-5-7-9/h3,5H,1-2,4,6H2/b5-3+. The molecule has 2 heteroatoms. The second kappa shape index (κ2) is 7.96. The fourth-order valence-corrected chi connectivity index (χ4v) is 1.03. The highest BCUT2D eigenvalue weighted by atomic mass is 127. The van der Waals surface area contributed by atoms with Crippen LogP contribution in [0.1, 0.15) is 19.3 Å². The summed E-state index contributed by atoms with van der Waals surface area (Å²) in [5, 5.41) is 8.08. The molecule has 50 valence electrons. The fourth-order valence-electron chi connectivity index (χ4n) is 0.493. The number of nitrogens with zero attached hydrogens (tertiary/aromatic N) is 1. The van der Waals surface area contributed by atoms with Gasteiger partial charge in [0.2, 0.25) is 0 Å². The third kappa shape index (κ3) is 7.96. The minimum atomic E-state index is 1.05. The van der Waals surface area contributed by atoms with Gasteiger partial charge in [-0.2, -0.15) is 5.26 Å². The minimum absolute atomic E-state index is 1.05. The maximum atomic E-state index is 8.08. The lowest BCUT2D eigenvalue weighted by molar-refractivity contribution is 0.831. The van der Waals surface area contributed by atoms with Crippen molar-refractivity contribution in [1.82, 2.24) is 0 Å². The molecule has 0 amide bonds. The minimum Gasteiger partial charge on any atom is -0.193 e. The van der Waals surface area contributed by atoms with E-state index in [0.29, 0.717) is 0 Å². The predicted octanol–water partition coefficient (Wildman–Crippen LogP) is 2.67. The number of alkyl halides is 1. The van der Waals surface area contributed by atoms with Gasteiger partial charge >= 0.3 is 0 Å². The van der Waals surface area contributed by atoms with Crippen LogP contribution in [0.4, 0.5) is 0 Å². The van der Waals surface area contributed by atoms with Gasteiger partial charge < -0.3 is 0 Å². The molecule has 9 heavy (non-hydrogen) atoms. The first kappa shape index (κ1) is 8.96. The van der Waals surface area contributed by atoms with Crippen LogP contribution in [0.25, 0.3) is 0 Å². The first-order chi connectivity index (χ1) is 4.41. The molecule has 0 spiro atoms. The van der Waals surface area contributed by atoms with Gasteiger partial charge in [0.05, 0.1) is 6.07 Å². The van der Waals surface area contributed by atoms with Crippen molar-refractivity contribution in [3.05, 3.63) is 12.2 Å². The van der Waals surface area contributed by atoms with E-state index in [-0.39, 0.29) is 0 Å². The maximum absolute atomic E-state index is 8.08. The number of allylic oxidation sites excluding steroid dienone is 2. The molecule has 0 rings (SSSR count). The van der Waals surface area contributed by atoms with Crippen LogP contribution >= 0.6 is 22.6 Å². The lowest BCUT2D eigenvalue weighted by Gasteiger charge is -1.87. The zero-order chi connectivity index (χ0) is 6.95. The third-order valence-corrected chi connectivity index (χ3v) is 1.71. The average molecular weight is 235 g/mol. The van der Waals surface area contributed by atoms with Crippen molar-refractivity contribution in [2.45, 2.75) is 19.3 Å². The van der Waals surface area contributed by atoms with Crippen molar-refractivity contribution < 1.29 is 0 Å². The van der Waals surface area contributed by atoms with Crippen LogP contribution in [0.2, 0.25) is 0 Å². The molecule has 0 radical (unpaired) electrons. The molecular weight excluding hydrogens is 225 g/mol. The Morgan fingerprint density at radius 2 is 2.22 bits per heavy atom. The largest absolute Gasteiger partial charge is 0.193 e. The molecule has 0 atom stereocenters. The number of hydrogen-bond acceptors (Lipinski definition) is 1. The fraction of sp³-hybridized carbons (Fsp3) is 0.571. The summed E-state index contributed by atoms with van der Waals surface area (Å²) in [5.41, 5.74) is 0. The van der Waals surface area contributed by atoms with Crippen molar-refractivity contribution in [2.75, 3.05) is 4.43 Å². The van der Waals surface area contributed by atoms with Crippen molar-refractivity contribution in [1.29, 1.82) is 5.26 Å². The summed E-state index contributed by atoms with van der Waals surface area (Å²) in [5.74, 6) is 0. The van der Waals surface area contributed by atoms with E-state index >= 15 is 0 Å². The summed E-state index contributed by atoms with van der Waals surface area (Å²) in [7, 11) is 0. The number of hydrogen-bond donors (Lipinski definition) is 0. The van der Waals surface area contributed by atoms with Gasteiger partial charge in [-0.25, -0.2) is 0 Å². The van der Waals surface area contributed by atoms with Crippen LogP contribution in [-0.2, 0) is 0 Å². The normalized spacial score (nSPS) is 9.78. The van der Waals surface area contributed by atoms with Gasteiger partial charge in [0.25, 0.3) is 0 Å². The van der Waals surface area contributed by atoms with Crippen LogP contribution in [0.15, 0.2) is 12.2 Å². The van der Waals surface area contributed by atoms with Crippen LogP contribution < -0.4 is 0 Å². The van der Waals surface area contributed by atoms with E-state index < -0.39 is 0 Å². The lowest BCUT2D eigenvalue weighted by Crippen LogP contribution is -1.72. The highest BCUT2D eigenvalue weighted by Crippen LogP contribution is 1.98. The van der Waals surface area contributed by atoms with Gasteiger partial charge in [0.1, 0.15) is 0 Å². The summed E-state index contributed by atoms with van der Waals surface area (Å²) in [6.07, 6.45) is 6.99. The topological polar surface area (TPSA) is 23.8 Å². The average Bonchev–Trinajstić information content (AvgIpc) is 1.89. The molecule has 0 heterocycles. The molecule has 1 nitrogen and oxygen atoms in total. The Balaban J connectivity index is 2.93. The Morgan fingerprint density at radius 3 is 2.78 bits per heavy atom. The molecule has 0 aromatic rings. The summed E-state index contributed by atoms with van der Waals surface area (Å²) in [6.45, 7) is 0. The van der Waals surface area contributed by atoms with Crippen LogP contribution in [0.5, 0.6) is 0 Å². The van der Waals surface area contributed by atoms with Gasteiger partial charge in [-0.05, 0) is 23.7 Å². The predicted molar refractivity (Wildman–Crippen MR) is 47.5 cm³/mol. The second-order valence-corrected chi connectivity index (χ2v) is 2.79. The molecule has 0 unspecified atom stereocenters. The van der Waals surface area contributed by atoms with E-state index in [4.69, 9.17) is 5.26 Å². The number of halogens is 1. The first-order valence-electron chi connectivity index (χ1n) is 3.02. The van der Waals surface area contributed by atoms with Crippen molar-refractivity contribution >= 4 is 22.6 Å². The highest BCUT2D eigenvalue weighted by molar-refractivity contribution is 14.1. The van der Waals surface area contributed by atoms with Gasteiger partial charge in [-0.1, -0.05) is 28.7 Å². The van der Waals surface area contributed by atoms with E-state index in [1.54, 1.807) is 6.08 Å². The monoisotopic (exact) mass is 235 g/mol. The lowest BCUT2D eigenvalue weighted by atomic mass is 10.2. The zero-order valence-electron chi connectivity index (χ0n) is 5.31. The molecule has 0 saturated carbocycles. The molecule has 0 fully saturated rings.